The number of halogens is 1. The van der Waals surface area contributed by atoms with Gasteiger partial charge in [-0.05, 0) is 0 Å². The van der Waals surface area contributed by atoms with Gasteiger partial charge in [-0.1, -0.05) is 0 Å². The molecule has 0 fully saturated rings. The van der Waals surface area contributed by atoms with Gasteiger partial charge in [0.2, 0.25) is 0 Å². The van der Waals surface area contributed by atoms with Gasteiger partial charge in [0.1, 0.15) is 0 Å². The summed E-state index contributed by atoms with van der Waals surface area (Å²) in [5.41, 5.74) is 0. The van der Waals surface area contributed by atoms with E-state index in [1.807, 2.05) is 0 Å². The van der Waals surface area contributed by atoms with E-state index in [2.05, 4.69) is 10.7 Å². The molecule has 0 aliphatic carbocycles. The summed E-state index contributed by atoms with van der Waals surface area (Å²) in [6.45, 7) is 0. The Hall–Kier alpha value is 1.46. The minimum absolute atomic E-state index is 0. The van der Waals surface area contributed by atoms with Gasteiger partial charge in [-0.15, -0.1) is 0 Å². The van der Waals surface area contributed by atoms with E-state index in [1.54, 1.807) is 0 Å². The molecule has 6 heavy (non-hydrogen) atoms. The zero-order chi connectivity index (χ0) is 4.50. The molecule has 0 aliphatic rings. The monoisotopic (exact) mass is 158 g/mol. The van der Waals surface area contributed by atoms with Gasteiger partial charge in [-0.2, -0.15) is 8.42 Å². The van der Waals surface area contributed by atoms with Crippen LogP contribution in [-0.4, -0.2) is 50.7 Å². The molecule has 0 heterocycles. The Labute approximate surface area is 69.9 Å². The molecule has 36 valence electrons. The fourth-order valence-electron chi connectivity index (χ4n) is 0. The summed E-state index contributed by atoms with van der Waals surface area (Å²) in [5, 5.41) is 0. The summed E-state index contributed by atoms with van der Waals surface area (Å²) in [6, 6.07) is 0. The average molecular weight is 159 g/mol. The minimum atomic E-state index is -4.19. The van der Waals surface area contributed by atoms with E-state index >= 15 is 0 Å². The molecule has 0 aromatic carbocycles. The van der Waals surface area contributed by atoms with Crippen LogP contribution in [0.25, 0.3) is 0 Å². The molecule has 0 aliphatic heterocycles. The molecule has 1 N–H and O–H groups in total. The molecular weight excluding hydrogens is 156 g/mol. The molecule has 0 atom stereocenters. The SMILES string of the molecule is O=S(=O)(O)Cl.[CaH2]. The maximum atomic E-state index is 8.95. The fourth-order valence-corrected chi connectivity index (χ4v) is 0. The Bertz CT molecular complexity index is 94.0. The summed E-state index contributed by atoms with van der Waals surface area (Å²) < 4.78 is 25.2. The van der Waals surface area contributed by atoms with Crippen LogP contribution in [0.15, 0.2) is 0 Å². The van der Waals surface area contributed by atoms with Gasteiger partial charge in [-0.3, -0.25) is 4.55 Å². The summed E-state index contributed by atoms with van der Waals surface area (Å²) in [7, 11) is -0.137. The topological polar surface area (TPSA) is 54.4 Å². The fraction of sp³-hybridized carbons (Fsp3) is 0. The molecule has 0 spiro atoms. The molecule has 0 aromatic rings. The quantitative estimate of drug-likeness (QED) is 0.283. The Kier molecular flexibility index (Phi) is 6.02. The summed E-state index contributed by atoms with van der Waals surface area (Å²) in [5.74, 6) is 0. The van der Waals surface area contributed by atoms with Crippen molar-refractivity contribution in [2.75, 3.05) is 0 Å². The van der Waals surface area contributed by atoms with Crippen LogP contribution >= 0.6 is 10.7 Å². The van der Waals surface area contributed by atoms with Crippen molar-refractivity contribution in [1.29, 1.82) is 0 Å². The van der Waals surface area contributed by atoms with Crippen LogP contribution < -0.4 is 0 Å². The van der Waals surface area contributed by atoms with Crippen molar-refractivity contribution >= 4 is 57.8 Å². The van der Waals surface area contributed by atoms with Gasteiger partial charge in [0.25, 0.3) is 0 Å². The second kappa shape index (κ2) is 3.46. The summed E-state index contributed by atoms with van der Waals surface area (Å²) in [4.78, 5) is 0. The zero-order valence-corrected chi connectivity index (χ0v) is 3.62. The second-order valence-electron chi connectivity index (χ2n) is 0.412. The second-order valence-corrected chi connectivity index (χ2v) is 2.41. The van der Waals surface area contributed by atoms with E-state index in [0.29, 0.717) is 0 Å². The molecule has 0 saturated heterocycles. The van der Waals surface area contributed by atoms with Gasteiger partial charge >= 0.3 is 47.1 Å². The van der Waals surface area contributed by atoms with E-state index in [1.165, 1.54) is 0 Å². The molecule has 0 aromatic heterocycles. The first-order valence-electron chi connectivity index (χ1n) is 0.670. The number of hydrogen-bond acceptors (Lipinski definition) is 2. The zero-order valence-electron chi connectivity index (χ0n) is 2.05. The normalized spacial score (nSPS) is 9.67. The van der Waals surface area contributed by atoms with E-state index < -0.39 is 9.33 Å². The predicted molar refractivity (Wildman–Crippen MR) is 25.9 cm³/mol. The van der Waals surface area contributed by atoms with Crippen molar-refractivity contribution < 1.29 is 13.0 Å². The van der Waals surface area contributed by atoms with Crippen LogP contribution in [0, 0.1) is 0 Å². The predicted octanol–water partition coefficient (Wildman–Crippen LogP) is -0.888. The van der Waals surface area contributed by atoms with Crippen LogP contribution in [0.3, 0.4) is 0 Å². The van der Waals surface area contributed by atoms with Gasteiger partial charge in [-0.25, -0.2) is 0 Å². The van der Waals surface area contributed by atoms with Crippen molar-refractivity contribution in [3.05, 3.63) is 0 Å². The Balaban J connectivity index is 0. The van der Waals surface area contributed by atoms with E-state index in [9.17, 15) is 0 Å². The molecular formula is H3CaClO3S. The van der Waals surface area contributed by atoms with Crippen LogP contribution in [0.4, 0.5) is 0 Å². The molecule has 0 bridgehead atoms. The molecule has 0 rings (SSSR count). The molecule has 0 saturated carbocycles. The molecule has 0 unspecified atom stereocenters. The Morgan fingerprint density at radius 3 is 1.50 bits per heavy atom. The van der Waals surface area contributed by atoms with Crippen LogP contribution in [0.5, 0.6) is 0 Å². The summed E-state index contributed by atoms with van der Waals surface area (Å²) >= 11 is 0. The Morgan fingerprint density at radius 2 is 1.50 bits per heavy atom. The van der Waals surface area contributed by atoms with Gasteiger partial charge in [0.15, 0.2) is 0 Å². The first-order valence-corrected chi connectivity index (χ1v) is 2.94. The first kappa shape index (κ1) is 10.4. The van der Waals surface area contributed by atoms with Crippen molar-refractivity contribution in [3.63, 3.8) is 0 Å². The van der Waals surface area contributed by atoms with Gasteiger partial charge in [0, 0.05) is 10.7 Å². The molecule has 0 radical (unpaired) electrons. The Morgan fingerprint density at radius 1 is 1.50 bits per heavy atom. The van der Waals surface area contributed by atoms with E-state index in [-0.39, 0.29) is 37.7 Å². The van der Waals surface area contributed by atoms with Crippen molar-refractivity contribution in [3.8, 4) is 0 Å². The van der Waals surface area contributed by atoms with Crippen molar-refractivity contribution in [2.24, 2.45) is 0 Å². The first-order chi connectivity index (χ1) is 2.00. The number of hydrogen-bond donors (Lipinski definition) is 1. The third-order valence-corrected chi connectivity index (χ3v) is 0. The summed E-state index contributed by atoms with van der Waals surface area (Å²) in [6.07, 6.45) is 0. The van der Waals surface area contributed by atoms with E-state index in [4.69, 9.17) is 13.0 Å². The molecule has 6 heteroatoms. The molecule has 3 nitrogen and oxygen atoms in total. The third-order valence-electron chi connectivity index (χ3n) is 0. The van der Waals surface area contributed by atoms with Crippen molar-refractivity contribution in [1.82, 2.24) is 0 Å². The van der Waals surface area contributed by atoms with Crippen LogP contribution in [0.1, 0.15) is 0 Å². The van der Waals surface area contributed by atoms with Gasteiger partial charge in [0.05, 0.1) is 0 Å². The van der Waals surface area contributed by atoms with Crippen LogP contribution in [0.2, 0.25) is 0 Å². The third kappa shape index (κ3) is 51.0. The van der Waals surface area contributed by atoms with Crippen molar-refractivity contribution in [2.45, 2.75) is 0 Å². The average Bonchev–Trinajstić information content (AvgIpc) is 0.722. The van der Waals surface area contributed by atoms with Crippen LogP contribution in [-0.2, 0) is 9.33 Å². The van der Waals surface area contributed by atoms with E-state index in [0.717, 1.165) is 0 Å². The maximum absolute atomic E-state index is 8.95. The standard InChI is InChI=1S/Ca.ClHO3S.2H/c;1-5(2,3)4;;/h;(H,2,3,4);;. The van der Waals surface area contributed by atoms with Gasteiger partial charge < -0.3 is 0 Å². The molecule has 0 amide bonds. The number of rotatable bonds is 0.